The van der Waals surface area contributed by atoms with E-state index in [0.29, 0.717) is 25.9 Å². The minimum Gasteiger partial charge on any atom is -0.353 e. The number of rotatable bonds is 7. The van der Waals surface area contributed by atoms with E-state index in [1.165, 1.54) is 11.0 Å². The van der Waals surface area contributed by atoms with Gasteiger partial charge in [-0.05, 0) is 24.5 Å². The molecule has 1 aromatic carbocycles. The number of hydrogen-bond donors (Lipinski definition) is 1. The molecule has 0 spiro atoms. The second kappa shape index (κ2) is 8.27. The Balaban J connectivity index is 1.62. The maximum absolute atomic E-state index is 11.7. The molecule has 0 aliphatic carbocycles. The van der Waals surface area contributed by atoms with Gasteiger partial charge in [0, 0.05) is 31.5 Å². The molecule has 1 atom stereocenters. The number of unbranched alkanes of at least 4 members (excludes halogenated alkanes) is 1. The molecule has 5 heteroatoms. The number of carbonyl (C=O) groups is 3. The second-order valence-corrected chi connectivity index (χ2v) is 5.73. The Morgan fingerprint density at radius 2 is 2.00 bits per heavy atom. The Kier molecular flexibility index (Phi) is 6.09. The predicted molar refractivity (Wildman–Crippen MR) is 88.2 cm³/mol. The lowest BCUT2D eigenvalue weighted by Gasteiger charge is -2.13. The fourth-order valence-electron chi connectivity index (χ4n) is 2.48. The van der Waals surface area contributed by atoms with Crippen molar-refractivity contribution in [2.75, 3.05) is 13.1 Å². The first-order chi connectivity index (χ1) is 11.1. The zero-order valence-corrected chi connectivity index (χ0v) is 13.3. The average molecular weight is 314 g/mol. The Bertz CT molecular complexity index is 596. The van der Waals surface area contributed by atoms with Crippen LogP contribution in [-0.4, -0.2) is 35.7 Å². The van der Waals surface area contributed by atoms with Crippen LogP contribution in [0.15, 0.2) is 36.4 Å². The molecule has 1 aliphatic rings. The number of hydrogen-bond acceptors (Lipinski definition) is 3. The molecule has 2 rings (SSSR count). The van der Waals surface area contributed by atoms with Gasteiger partial charge in [-0.15, -0.1) is 0 Å². The van der Waals surface area contributed by atoms with Gasteiger partial charge in [0.1, 0.15) is 0 Å². The van der Waals surface area contributed by atoms with Crippen molar-refractivity contribution >= 4 is 23.8 Å². The van der Waals surface area contributed by atoms with Crippen molar-refractivity contribution in [1.29, 1.82) is 0 Å². The van der Waals surface area contributed by atoms with Crippen LogP contribution in [0, 0.1) is 5.92 Å². The van der Waals surface area contributed by atoms with Gasteiger partial charge in [-0.25, -0.2) is 0 Å². The number of carbonyl (C=O) groups excluding carboxylic acids is 3. The third-order valence-corrected chi connectivity index (χ3v) is 3.80. The Labute approximate surface area is 136 Å². The van der Waals surface area contributed by atoms with Crippen LogP contribution in [0.3, 0.4) is 0 Å². The second-order valence-electron chi connectivity index (χ2n) is 5.73. The van der Waals surface area contributed by atoms with Crippen molar-refractivity contribution < 1.29 is 14.4 Å². The minimum absolute atomic E-state index is 0.0789. The number of nitrogens with zero attached hydrogens (tertiary/aromatic N) is 1. The molecular formula is C18H22N2O3. The van der Waals surface area contributed by atoms with Crippen molar-refractivity contribution in [3.63, 3.8) is 0 Å². The van der Waals surface area contributed by atoms with E-state index in [9.17, 15) is 14.4 Å². The molecule has 1 N–H and O–H groups in total. The van der Waals surface area contributed by atoms with Crippen LogP contribution >= 0.6 is 0 Å². The van der Waals surface area contributed by atoms with Gasteiger partial charge in [-0.1, -0.05) is 37.3 Å². The Morgan fingerprint density at radius 3 is 2.65 bits per heavy atom. The minimum atomic E-state index is -0.190. The smallest absolute Gasteiger partial charge is 0.243 e. The highest BCUT2D eigenvalue weighted by atomic mass is 16.2. The first-order valence-corrected chi connectivity index (χ1v) is 7.93. The summed E-state index contributed by atoms with van der Waals surface area (Å²) in [5.41, 5.74) is 0.975. The summed E-state index contributed by atoms with van der Waals surface area (Å²) in [6.45, 7) is 2.75. The van der Waals surface area contributed by atoms with E-state index >= 15 is 0 Å². The normalized spacial score (nSPS) is 18.0. The lowest BCUT2D eigenvalue weighted by molar-refractivity contribution is -0.139. The molecule has 0 aromatic heterocycles. The van der Waals surface area contributed by atoms with Crippen LogP contribution in [0.1, 0.15) is 31.7 Å². The van der Waals surface area contributed by atoms with Gasteiger partial charge in [0.15, 0.2) is 0 Å². The van der Waals surface area contributed by atoms with Crippen molar-refractivity contribution in [3.8, 4) is 0 Å². The molecule has 1 aromatic rings. The molecular weight excluding hydrogens is 292 g/mol. The van der Waals surface area contributed by atoms with Gasteiger partial charge in [0.25, 0.3) is 0 Å². The molecule has 0 radical (unpaired) electrons. The molecule has 1 fully saturated rings. The molecule has 0 bridgehead atoms. The number of likely N-dealkylation sites (tertiary alicyclic amines) is 1. The predicted octanol–water partition coefficient (Wildman–Crippen LogP) is 1.99. The van der Waals surface area contributed by atoms with Crippen molar-refractivity contribution in [2.24, 2.45) is 5.92 Å². The number of imide groups is 1. The third-order valence-electron chi connectivity index (χ3n) is 3.80. The SMILES string of the molecule is C[C@H]1CC(=O)N(CCCCNC(=O)/C=C/c2ccccc2)C1=O. The lowest BCUT2D eigenvalue weighted by atomic mass is 10.1. The summed E-state index contributed by atoms with van der Waals surface area (Å²) in [5.74, 6) is -0.497. The van der Waals surface area contributed by atoms with Gasteiger partial charge < -0.3 is 5.32 Å². The lowest BCUT2D eigenvalue weighted by Crippen LogP contribution is -2.32. The van der Waals surface area contributed by atoms with E-state index < -0.39 is 0 Å². The summed E-state index contributed by atoms with van der Waals surface area (Å²) in [7, 11) is 0. The molecule has 0 unspecified atom stereocenters. The molecule has 1 saturated heterocycles. The van der Waals surface area contributed by atoms with Gasteiger partial charge in [0.2, 0.25) is 17.7 Å². The fraction of sp³-hybridized carbons (Fsp3) is 0.389. The Morgan fingerprint density at radius 1 is 1.26 bits per heavy atom. The van der Waals surface area contributed by atoms with Crippen molar-refractivity contribution in [1.82, 2.24) is 10.2 Å². The van der Waals surface area contributed by atoms with Crippen LogP contribution < -0.4 is 5.32 Å². The van der Waals surface area contributed by atoms with Gasteiger partial charge in [-0.3, -0.25) is 19.3 Å². The number of benzene rings is 1. The molecule has 5 nitrogen and oxygen atoms in total. The van der Waals surface area contributed by atoms with Crippen molar-refractivity contribution in [3.05, 3.63) is 42.0 Å². The van der Waals surface area contributed by atoms with Crippen LogP contribution in [0.5, 0.6) is 0 Å². The number of amides is 3. The van der Waals surface area contributed by atoms with E-state index in [2.05, 4.69) is 5.32 Å². The maximum Gasteiger partial charge on any atom is 0.243 e. The molecule has 0 saturated carbocycles. The largest absolute Gasteiger partial charge is 0.353 e. The summed E-state index contributed by atoms with van der Waals surface area (Å²) in [4.78, 5) is 36.3. The highest BCUT2D eigenvalue weighted by Crippen LogP contribution is 2.18. The summed E-state index contributed by atoms with van der Waals surface area (Å²) in [6.07, 6.45) is 5.02. The molecule has 1 aliphatic heterocycles. The first kappa shape index (κ1) is 16.9. The quantitative estimate of drug-likeness (QED) is 0.475. The van der Waals surface area contributed by atoms with E-state index in [1.54, 1.807) is 13.0 Å². The van der Waals surface area contributed by atoms with Gasteiger partial charge in [-0.2, -0.15) is 0 Å². The van der Waals surface area contributed by atoms with Crippen molar-refractivity contribution in [2.45, 2.75) is 26.2 Å². The Hall–Kier alpha value is -2.43. The monoisotopic (exact) mass is 314 g/mol. The zero-order chi connectivity index (χ0) is 16.7. The standard InChI is InChI=1S/C18H22N2O3/c1-14-13-17(22)20(18(14)23)12-6-5-11-19-16(21)10-9-15-7-3-2-4-8-15/h2-4,7-10,14H,5-6,11-13H2,1H3,(H,19,21)/b10-9+/t14-/m0/s1. The van der Waals surface area contributed by atoms with E-state index in [0.717, 1.165) is 12.0 Å². The van der Waals surface area contributed by atoms with E-state index in [4.69, 9.17) is 0 Å². The summed E-state index contributed by atoms with van der Waals surface area (Å²) >= 11 is 0. The van der Waals surface area contributed by atoms with Crippen LogP contribution in [0.25, 0.3) is 6.08 Å². The topological polar surface area (TPSA) is 66.5 Å². The molecule has 3 amide bonds. The van der Waals surface area contributed by atoms with E-state index in [-0.39, 0.29) is 23.6 Å². The highest BCUT2D eigenvalue weighted by Gasteiger charge is 2.34. The van der Waals surface area contributed by atoms with Crippen LogP contribution in [0.2, 0.25) is 0 Å². The fourth-order valence-corrected chi connectivity index (χ4v) is 2.48. The highest BCUT2D eigenvalue weighted by molar-refractivity contribution is 6.03. The zero-order valence-electron chi connectivity index (χ0n) is 13.3. The van der Waals surface area contributed by atoms with Crippen LogP contribution in [0.4, 0.5) is 0 Å². The summed E-state index contributed by atoms with van der Waals surface area (Å²) in [6, 6.07) is 9.61. The van der Waals surface area contributed by atoms with Crippen LogP contribution in [-0.2, 0) is 14.4 Å². The van der Waals surface area contributed by atoms with E-state index in [1.807, 2.05) is 30.3 Å². The summed E-state index contributed by atoms with van der Waals surface area (Å²) in [5, 5.41) is 2.80. The average Bonchev–Trinajstić information content (AvgIpc) is 2.79. The summed E-state index contributed by atoms with van der Waals surface area (Å²) < 4.78 is 0. The van der Waals surface area contributed by atoms with Gasteiger partial charge in [0.05, 0.1) is 0 Å². The van der Waals surface area contributed by atoms with Gasteiger partial charge >= 0.3 is 0 Å². The molecule has 122 valence electrons. The molecule has 1 heterocycles. The number of nitrogens with one attached hydrogen (secondary N) is 1. The maximum atomic E-state index is 11.7. The first-order valence-electron chi connectivity index (χ1n) is 7.93. The third kappa shape index (κ3) is 5.06. The molecule has 23 heavy (non-hydrogen) atoms.